The molecule has 0 aromatic carbocycles. The highest BCUT2D eigenvalue weighted by molar-refractivity contribution is 4.69. The number of hydrogen-bond donors (Lipinski definition) is 0. The van der Waals surface area contributed by atoms with Gasteiger partial charge in [-0.1, -0.05) is 53.9 Å². The highest BCUT2D eigenvalue weighted by Gasteiger charge is 2.17. The summed E-state index contributed by atoms with van der Waals surface area (Å²) in [6, 6.07) is 0. The molecule has 1 saturated carbocycles. The lowest BCUT2D eigenvalue weighted by Crippen LogP contribution is -1.59. The molecule has 0 aromatic heterocycles. The molecular formula is C9H22. The summed E-state index contributed by atoms with van der Waals surface area (Å²) in [6.07, 6.45) is 4.44. The minimum absolute atomic E-state index is 1.13. The van der Waals surface area contributed by atoms with Gasteiger partial charge in [0, 0.05) is 0 Å². The average Bonchev–Trinajstić information content (AvgIpc) is 2.78. The van der Waals surface area contributed by atoms with Gasteiger partial charge in [0.2, 0.25) is 0 Å². The Morgan fingerprint density at radius 3 is 1.33 bits per heavy atom. The maximum Gasteiger partial charge on any atom is -0.0417 e. The van der Waals surface area contributed by atoms with E-state index in [2.05, 4.69) is 6.92 Å². The second kappa shape index (κ2) is 10.9. The summed E-state index contributed by atoms with van der Waals surface area (Å²) in [6.45, 7) is 10.3. The number of rotatable bonds is 1. The van der Waals surface area contributed by atoms with Crippen LogP contribution in [0, 0.1) is 5.92 Å². The van der Waals surface area contributed by atoms with Gasteiger partial charge in [-0.2, -0.15) is 0 Å². The molecule has 0 radical (unpaired) electrons. The van der Waals surface area contributed by atoms with Gasteiger partial charge in [-0.05, 0) is 5.92 Å². The summed E-state index contributed by atoms with van der Waals surface area (Å²) in [5.74, 6) is 1.13. The lowest BCUT2D eigenvalue weighted by molar-refractivity contribution is 0.799. The molecular weight excluding hydrogens is 108 g/mol. The first-order valence-electron chi connectivity index (χ1n) is 4.43. The van der Waals surface area contributed by atoms with Gasteiger partial charge in [-0.3, -0.25) is 0 Å². The van der Waals surface area contributed by atoms with Gasteiger partial charge in [0.1, 0.15) is 0 Å². The van der Waals surface area contributed by atoms with Crippen LogP contribution in [-0.4, -0.2) is 0 Å². The Kier molecular flexibility index (Phi) is 14.2. The van der Waals surface area contributed by atoms with Crippen LogP contribution < -0.4 is 0 Å². The molecule has 1 fully saturated rings. The average molecular weight is 130 g/mol. The van der Waals surface area contributed by atoms with Gasteiger partial charge in [0.05, 0.1) is 0 Å². The molecule has 0 heterocycles. The monoisotopic (exact) mass is 130 g/mol. The summed E-state index contributed by atoms with van der Waals surface area (Å²) >= 11 is 0. The molecule has 1 rings (SSSR count). The SMILES string of the molecule is CC.CC.CCC1CC1. The fraction of sp³-hybridized carbons (Fsp3) is 1.00. The molecule has 0 saturated heterocycles. The zero-order valence-corrected chi connectivity index (χ0v) is 7.70. The summed E-state index contributed by atoms with van der Waals surface area (Å²) in [7, 11) is 0. The van der Waals surface area contributed by atoms with Crippen LogP contribution in [0.25, 0.3) is 0 Å². The van der Waals surface area contributed by atoms with Crippen LogP contribution in [0.1, 0.15) is 53.9 Å². The molecule has 0 nitrogen and oxygen atoms in total. The summed E-state index contributed by atoms with van der Waals surface area (Å²) in [5.41, 5.74) is 0. The predicted molar refractivity (Wildman–Crippen MR) is 45.7 cm³/mol. The minimum atomic E-state index is 1.13. The van der Waals surface area contributed by atoms with E-state index in [0.717, 1.165) is 5.92 Å². The quantitative estimate of drug-likeness (QED) is 0.505. The van der Waals surface area contributed by atoms with Gasteiger partial charge >= 0.3 is 0 Å². The maximum absolute atomic E-state index is 2.26. The van der Waals surface area contributed by atoms with Crippen LogP contribution in [0.2, 0.25) is 0 Å². The van der Waals surface area contributed by atoms with Crippen molar-refractivity contribution in [3.05, 3.63) is 0 Å². The van der Waals surface area contributed by atoms with E-state index < -0.39 is 0 Å². The first kappa shape index (κ1) is 11.8. The van der Waals surface area contributed by atoms with Crippen molar-refractivity contribution in [1.29, 1.82) is 0 Å². The Bertz CT molecular complexity index is 27.0. The normalized spacial score (nSPS) is 14.3. The van der Waals surface area contributed by atoms with E-state index in [-0.39, 0.29) is 0 Å². The molecule has 0 atom stereocenters. The molecule has 0 spiro atoms. The molecule has 0 aliphatic heterocycles. The van der Waals surface area contributed by atoms with E-state index >= 15 is 0 Å². The first-order valence-corrected chi connectivity index (χ1v) is 4.43. The van der Waals surface area contributed by atoms with Crippen molar-refractivity contribution < 1.29 is 0 Å². The smallest absolute Gasteiger partial charge is 0.0417 e. The van der Waals surface area contributed by atoms with Crippen molar-refractivity contribution in [1.82, 2.24) is 0 Å². The molecule has 1 aliphatic rings. The van der Waals surface area contributed by atoms with E-state index in [1.807, 2.05) is 27.7 Å². The lowest BCUT2D eigenvalue weighted by atomic mass is 10.3. The van der Waals surface area contributed by atoms with Gasteiger partial charge < -0.3 is 0 Å². The van der Waals surface area contributed by atoms with Gasteiger partial charge in [-0.15, -0.1) is 0 Å². The van der Waals surface area contributed by atoms with E-state index in [1.165, 1.54) is 19.3 Å². The van der Waals surface area contributed by atoms with E-state index in [4.69, 9.17) is 0 Å². The zero-order chi connectivity index (χ0) is 7.70. The molecule has 0 amide bonds. The van der Waals surface area contributed by atoms with Gasteiger partial charge in [0.15, 0.2) is 0 Å². The third kappa shape index (κ3) is 11.5. The van der Waals surface area contributed by atoms with Crippen LogP contribution in [-0.2, 0) is 0 Å². The Balaban J connectivity index is 0. The Labute approximate surface area is 60.7 Å². The van der Waals surface area contributed by atoms with Crippen LogP contribution in [0.15, 0.2) is 0 Å². The van der Waals surface area contributed by atoms with Gasteiger partial charge in [-0.25, -0.2) is 0 Å². The van der Waals surface area contributed by atoms with Crippen LogP contribution in [0.3, 0.4) is 0 Å². The van der Waals surface area contributed by atoms with Crippen molar-refractivity contribution in [2.75, 3.05) is 0 Å². The van der Waals surface area contributed by atoms with Crippen LogP contribution in [0.5, 0.6) is 0 Å². The summed E-state index contributed by atoms with van der Waals surface area (Å²) in [5, 5.41) is 0. The van der Waals surface area contributed by atoms with E-state index in [0.29, 0.717) is 0 Å². The maximum atomic E-state index is 2.26. The molecule has 0 bridgehead atoms. The summed E-state index contributed by atoms with van der Waals surface area (Å²) in [4.78, 5) is 0. The lowest BCUT2D eigenvalue weighted by Gasteiger charge is -1.72. The largest absolute Gasteiger partial charge is 0.0683 e. The minimum Gasteiger partial charge on any atom is -0.0683 e. The van der Waals surface area contributed by atoms with Crippen molar-refractivity contribution in [3.8, 4) is 0 Å². The molecule has 1 aliphatic carbocycles. The molecule has 0 N–H and O–H groups in total. The Morgan fingerprint density at radius 2 is 1.33 bits per heavy atom. The second-order valence-corrected chi connectivity index (χ2v) is 1.85. The van der Waals surface area contributed by atoms with Crippen LogP contribution >= 0.6 is 0 Å². The highest BCUT2D eigenvalue weighted by Crippen LogP contribution is 2.31. The molecule has 0 heteroatoms. The predicted octanol–water partition coefficient (Wildman–Crippen LogP) is 3.86. The molecule has 58 valence electrons. The fourth-order valence-corrected chi connectivity index (χ4v) is 0.526. The summed E-state index contributed by atoms with van der Waals surface area (Å²) < 4.78 is 0. The third-order valence-electron chi connectivity index (χ3n) is 1.27. The fourth-order valence-electron chi connectivity index (χ4n) is 0.526. The van der Waals surface area contributed by atoms with E-state index in [9.17, 15) is 0 Å². The highest BCUT2D eigenvalue weighted by atomic mass is 14.2. The topological polar surface area (TPSA) is 0 Å². The van der Waals surface area contributed by atoms with Crippen molar-refractivity contribution in [2.45, 2.75) is 53.9 Å². The Hall–Kier alpha value is 0. The standard InChI is InChI=1S/C5H10.2C2H6/c1-2-5-3-4-5;2*1-2/h5H,2-4H2,1H3;2*1-2H3. The molecule has 0 unspecified atom stereocenters. The van der Waals surface area contributed by atoms with Gasteiger partial charge in [0.25, 0.3) is 0 Å². The van der Waals surface area contributed by atoms with Crippen LogP contribution in [0.4, 0.5) is 0 Å². The van der Waals surface area contributed by atoms with Crippen molar-refractivity contribution in [3.63, 3.8) is 0 Å². The number of hydrogen-bond acceptors (Lipinski definition) is 0. The van der Waals surface area contributed by atoms with Crippen molar-refractivity contribution in [2.24, 2.45) is 5.92 Å². The van der Waals surface area contributed by atoms with E-state index in [1.54, 1.807) is 0 Å². The third-order valence-corrected chi connectivity index (χ3v) is 1.27. The zero-order valence-electron chi connectivity index (χ0n) is 7.70. The molecule has 9 heavy (non-hydrogen) atoms. The Morgan fingerprint density at radius 1 is 1.00 bits per heavy atom. The first-order chi connectivity index (χ1) is 4.43. The molecule has 0 aromatic rings. The second-order valence-electron chi connectivity index (χ2n) is 1.85. The van der Waals surface area contributed by atoms with Crippen molar-refractivity contribution >= 4 is 0 Å².